The van der Waals surface area contributed by atoms with Crippen LogP contribution in [0.3, 0.4) is 0 Å². The van der Waals surface area contributed by atoms with Crippen molar-refractivity contribution in [3.8, 4) is 0 Å². The highest BCUT2D eigenvalue weighted by Crippen LogP contribution is 2.17. The molecule has 0 saturated carbocycles. The highest BCUT2D eigenvalue weighted by atomic mass is 35.5. The van der Waals surface area contributed by atoms with E-state index in [1.165, 1.54) is 12.1 Å². The second-order valence-electron chi connectivity index (χ2n) is 6.37. The Labute approximate surface area is 161 Å². The average molecular weight is 393 g/mol. The number of anilines is 1. The van der Waals surface area contributed by atoms with Crippen LogP contribution in [0.5, 0.6) is 0 Å². The van der Waals surface area contributed by atoms with Crippen LogP contribution in [0.15, 0.2) is 24.3 Å². The number of nitrogens with one attached hydrogen (secondary N) is 1. The number of hydrogen-bond acceptors (Lipinski definition) is 4. The van der Waals surface area contributed by atoms with Gasteiger partial charge in [0.05, 0.1) is 6.54 Å². The van der Waals surface area contributed by atoms with Gasteiger partial charge in [-0.1, -0.05) is 0 Å². The van der Waals surface area contributed by atoms with Gasteiger partial charge in [0, 0.05) is 57.5 Å². The molecule has 0 aliphatic carbocycles. The van der Waals surface area contributed by atoms with Gasteiger partial charge in [-0.15, -0.1) is 24.8 Å². The van der Waals surface area contributed by atoms with Crippen molar-refractivity contribution >= 4 is 36.4 Å². The molecule has 2 aliphatic rings. The van der Waals surface area contributed by atoms with E-state index in [1.807, 2.05) is 4.90 Å². The Balaban J connectivity index is 0.00000156. The molecule has 2 heterocycles. The quantitative estimate of drug-likeness (QED) is 0.847. The number of rotatable bonds is 3. The van der Waals surface area contributed by atoms with Crippen LogP contribution in [-0.4, -0.2) is 74.1 Å². The third-order valence-electron chi connectivity index (χ3n) is 4.80. The minimum absolute atomic E-state index is 0. The van der Waals surface area contributed by atoms with E-state index in [0.29, 0.717) is 12.6 Å². The van der Waals surface area contributed by atoms with E-state index in [2.05, 4.69) is 22.0 Å². The number of carbonyl (C=O) groups is 1. The molecule has 1 aromatic rings. The molecule has 0 aromatic heterocycles. The van der Waals surface area contributed by atoms with Crippen molar-refractivity contribution in [1.29, 1.82) is 0 Å². The van der Waals surface area contributed by atoms with Crippen LogP contribution in [0.4, 0.5) is 10.1 Å². The molecule has 142 valence electrons. The van der Waals surface area contributed by atoms with E-state index in [-0.39, 0.29) is 36.5 Å². The fourth-order valence-corrected chi connectivity index (χ4v) is 3.26. The first kappa shape index (κ1) is 22.0. The van der Waals surface area contributed by atoms with Gasteiger partial charge in [0.1, 0.15) is 5.82 Å². The lowest BCUT2D eigenvalue weighted by atomic mass is 10.2. The normalized spacial score (nSPS) is 21.3. The summed E-state index contributed by atoms with van der Waals surface area (Å²) < 4.78 is 13.0. The van der Waals surface area contributed by atoms with Crippen molar-refractivity contribution in [2.24, 2.45) is 0 Å². The standard InChI is InChI=1S/C17H25FN4O.2ClH/c1-14-12-19-6-7-22(14)13-17(23)21-10-8-20(9-11-21)16-4-2-15(18)3-5-16;;/h2-5,14,19H,6-13H2,1H3;2*1H/t14-;;/m1../s1. The number of amides is 1. The highest BCUT2D eigenvalue weighted by Gasteiger charge is 2.25. The van der Waals surface area contributed by atoms with Crippen LogP contribution in [0.1, 0.15) is 6.92 Å². The summed E-state index contributed by atoms with van der Waals surface area (Å²) in [6.07, 6.45) is 0. The summed E-state index contributed by atoms with van der Waals surface area (Å²) in [7, 11) is 0. The van der Waals surface area contributed by atoms with Crippen molar-refractivity contribution in [2.75, 3.05) is 57.3 Å². The zero-order valence-electron chi connectivity index (χ0n) is 14.5. The Bertz CT molecular complexity index is 538. The number of hydrogen-bond donors (Lipinski definition) is 1. The minimum atomic E-state index is -0.215. The molecule has 8 heteroatoms. The van der Waals surface area contributed by atoms with Gasteiger partial charge < -0.3 is 15.1 Å². The van der Waals surface area contributed by atoms with E-state index in [0.717, 1.165) is 51.5 Å². The number of nitrogens with zero attached hydrogens (tertiary/aromatic N) is 3. The third-order valence-corrected chi connectivity index (χ3v) is 4.80. The first-order valence-corrected chi connectivity index (χ1v) is 8.36. The predicted molar refractivity (Wildman–Crippen MR) is 104 cm³/mol. The zero-order chi connectivity index (χ0) is 16.2. The molecule has 0 radical (unpaired) electrons. The number of carbonyl (C=O) groups excluding carboxylic acids is 1. The molecule has 0 bridgehead atoms. The Hall–Kier alpha value is -1.08. The maximum atomic E-state index is 13.0. The molecule has 2 saturated heterocycles. The van der Waals surface area contributed by atoms with Crippen molar-refractivity contribution in [3.05, 3.63) is 30.1 Å². The summed E-state index contributed by atoms with van der Waals surface area (Å²) in [6, 6.07) is 6.98. The van der Waals surface area contributed by atoms with Crippen LogP contribution >= 0.6 is 24.8 Å². The Morgan fingerprint density at radius 2 is 1.76 bits per heavy atom. The van der Waals surface area contributed by atoms with Gasteiger partial charge in [0.25, 0.3) is 0 Å². The van der Waals surface area contributed by atoms with Gasteiger partial charge in [-0.25, -0.2) is 4.39 Å². The number of benzene rings is 1. The summed E-state index contributed by atoms with van der Waals surface area (Å²) in [5.74, 6) is 0.00483. The molecule has 25 heavy (non-hydrogen) atoms. The molecular formula is C17H27Cl2FN4O. The second kappa shape index (κ2) is 10.2. The number of halogens is 3. The summed E-state index contributed by atoms with van der Waals surface area (Å²) in [5.41, 5.74) is 1.02. The van der Waals surface area contributed by atoms with E-state index in [9.17, 15) is 9.18 Å². The first-order valence-electron chi connectivity index (χ1n) is 8.36. The van der Waals surface area contributed by atoms with Crippen LogP contribution < -0.4 is 10.2 Å². The smallest absolute Gasteiger partial charge is 0.236 e. The highest BCUT2D eigenvalue weighted by molar-refractivity contribution is 5.85. The van der Waals surface area contributed by atoms with Crippen molar-refractivity contribution < 1.29 is 9.18 Å². The van der Waals surface area contributed by atoms with Crippen molar-refractivity contribution in [3.63, 3.8) is 0 Å². The van der Waals surface area contributed by atoms with Crippen LogP contribution in [-0.2, 0) is 4.79 Å². The molecule has 2 aliphatic heterocycles. The van der Waals surface area contributed by atoms with Gasteiger partial charge in [-0.05, 0) is 31.2 Å². The third kappa shape index (κ3) is 5.71. The summed E-state index contributed by atoms with van der Waals surface area (Å²) in [5, 5.41) is 3.35. The number of piperazine rings is 2. The SMILES string of the molecule is C[C@@H]1CNCCN1CC(=O)N1CCN(c2ccc(F)cc2)CC1.Cl.Cl. The molecule has 5 nitrogen and oxygen atoms in total. The van der Waals surface area contributed by atoms with E-state index >= 15 is 0 Å². The van der Waals surface area contributed by atoms with Crippen LogP contribution in [0, 0.1) is 5.82 Å². The maximum Gasteiger partial charge on any atom is 0.236 e. The van der Waals surface area contributed by atoms with Gasteiger partial charge in [-0.3, -0.25) is 9.69 Å². The molecule has 3 rings (SSSR count). The molecule has 1 aromatic carbocycles. The molecule has 0 spiro atoms. The maximum absolute atomic E-state index is 13.0. The lowest BCUT2D eigenvalue weighted by molar-refractivity contribution is -0.133. The first-order chi connectivity index (χ1) is 11.1. The van der Waals surface area contributed by atoms with E-state index in [4.69, 9.17) is 0 Å². The lowest BCUT2D eigenvalue weighted by Gasteiger charge is -2.38. The lowest BCUT2D eigenvalue weighted by Crippen LogP contribution is -2.55. The zero-order valence-corrected chi connectivity index (χ0v) is 16.1. The topological polar surface area (TPSA) is 38.8 Å². The Morgan fingerprint density at radius 1 is 1.12 bits per heavy atom. The molecule has 1 atom stereocenters. The van der Waals surface area contributed by atoms with Gasteiger partial charge in [-0.2, -0.15) is 0 Å². The minimum Gasteiger partial charge on any atom is -0.368 e. The summed E-state index contributed by atoms with van der Waals surface area (Å²) in [4.78, 5) is 18.9. The fraction of sp³-hybridized carbons (Fsp3) is 0.588. The van der Waals surface area contributed by atoms with Gasteiger partial charge >= 0.3 is 0 Å². The predicted octanol–water partition coefficient (Wildman–Crippen LogP) is 1.61. The summed E-state index contributed by atoms with van der Waals surface area (Å²) >= 11 is 0. The largest absolute Gasteiger partial charge is 0.368 e. The van der Waals surface area contributed by atoms with Gasteiger partial charge in [0.15, 0.2) is 0 Å². The molecular weight excluding hydrogens is 366 g/mol. The Kier molecular flexibility index (Phi) is 8.93. The van der Waals surface area contributed by atoms with Crippen molar-refractivity contribution in [1.82, 2.24) is 15.1 Å². The Morgan fingerprint density at radius 3 is 2.36 bits per heavy atom. The molecule has 2 fully saturated rings. The van der Waals surface area contributed by atoms with Crippen LogP contribution in [0.2, 0.25) is 0 Å². The van der Waals surface area contributed by atoms with Crippen molar-refractivity contribution in [2.45, 2.75) is 13.0 Å². The molecule has 1 amide bonds. The second-order valence-corrected chi connectivity index (χ2v) is 6.37. The molecule has 0 unspecified atom stereocenters. The van der Waals surface area contributed by atoms with E-state index < -0.39 is 0 Å². The molecule has 1 N–H and O–H groups in total. The average Bonchev–Trinajstić information content (AvgIpc) is 2.58. The summed E-state index contributed by atoms with van der Waals surface area (Å²) in [6.45, 7) is 8.58. The fourth-order valence-electron chi connectivity index (χ4n) is 3.26. The van der Waals surface area contributed by atoms with Gasteiger partial charge in [0.2, 0.25) is 5.91 Å². The monoisotopic (exact) mass is 392 g/mol. The van der Waals surface area contributed by atoms with Crippen LogP contribution in [0.25, 0.3) is 0 Å². The van der Waals surface area contributed by atoms with E-state index in [1.54, 1.807) is 12.1 Å².